The Kier molecular flexibility index (Phi) is 7.91. The molecule has 10 heavy (non-hydrogen) atoms. The van der Waals surface area contributed by atoms with E-state index in [1.165, 1.54) is 24.6 Å². The first-order chi connectivity index (χ1) is 4.73. The average Bonchev–Trinajstić information content (AvgIpc) is 1.90. The molecule has 1 rings (SSSR count). The van der Waals surface area contributed by atoms with Crippen molar-refractivity contribution >= 4 is 19.9 Å². The van der Waals surface area contributed by atoms with Crippen molar-refractivity contribution in [2.75, 3.05) is 24.6 Å². The maximum absolute atomic E-state index is 8.96. The molecule has 0 aromatic carbocycles. The molecule has 4 nitrogen and oxygen atoms in total. The van der Waals surface area contributed by atoms with E-state index in [9.17, 15) is 0 Å². The van der Waals surface area contributed by atoms with Crippen LogP contribution in [0.25, 0.3) is 0 Å². The van der Waals surface area contributed by atoms with Gasteiger partial charge >= 0.3 is 0 Å². The highest BCUT2D eigenvalue weighted by molar-refractivity contribution is 7.99. The number of nitrogens with two attached hydrogens (primary N) is 1. The fourth-order valence-electron chi connectivity index (χ4n) is 0.516. The molecule has 0 amide bonds. The van der Waals surface area contributed by atoms with Crippen LogP contribution in [0.1, 0.15) is 0 Å². The van der Waals surface area contributed by atoms with E-state index in [4.69, 9.17) is 9.46 Å². The van der Waals surface area contributed by atoms with Gasteiger partial charge in [-0.05, 0) is 0 Å². The molecule has 0 aromatic rings. The molecule has 0 saturated carbocycles. The predicted octanol–water partition coefficient (Wildman–Crippen LogP) is -0.350. The van der Waals surface area contributed by atoms with Crippen molar-refractivity contribution in [3.8, 4) is 0 Å². The summed E-state index contributed by atoms with van der Waals surface area (Å²) in [4.78, 5) is 7.38. The zero-order chi connectivity index (χ0) is 7.82. The average molecular weight is 184 g/mol. The lowest BCUT2D eigenvalue weighted by molar-refractivity contribution is 0.504. The molecule has 62 valence electrons. The minimum atomic E-state index is -2.63. The normalized spacial score (nSPS) is 20.6. The van der Waals surface area contributed by atoms with Crippen molar-refractivity contribution in [2.24, 2.45) is 5.50 Å². The lowest BCUT2D eigenvalue weighted by Gasteiger charge is -2.08. The molecule has 1 atom stereocenters. The van der Waals surface area contributed by atoms with Crippen LogP contribution in [0.15, 0.2) is 0 Å². The van der Waals surface area contributed by atoms with Gasteiger partial charge in [0.2, 0.25) is 0 Å². The Bertz CT molecular complexity index is 83.7. The molecule has 6 heteroatoms. The van der Waals surface area contributed by atoms with Gasteiger partial charge in [0.05, 0.1) is 0 Å². The Morgan fingerprint density at radius 1 is 1.50 bits per heavy atom. The first-order valence-corrected chi connectivity index (χ1v) is 5.59. The van der Waals surface area contributed by atoms with E-state index in [1.807, 2.05) is 11.8 Å². The van der Waals surface area contributed by atoms with Gasteiger partial charge in [-0.3, -0.25) is 10.1 Å². The first-order valence-electron chi connectivity index (χ1n) is 3.00. The second-order valence-electron chi connectivity index (χ2n) is 1.70. The number of hydrogen-bond donors (Lipinski definition) is 3. The van der Waals surface area contributed by atoms with Crippen molar-refractivity contribution in [1.82, 2.24) is 5.32 Å². The lowest BCUT2D eigenvalue weighted by atomic mass is 10.6. The van der Waals surface area contributed by atoms with Gasteiger partial charge in [-0.25, -0.2) is 0 Å². The summed E-state index contributed by atoms with van der Waals surface area (Å²) in [7, 11) is -2.63. The summed E-state index contributed by atoms with van der Waals surface area (Å²) >= 11 is 2.03. The molecular weight excluding hydrogens is 171 g/mol. The minimum Gasteiger partial charge on any atom is -0.336 e. The summed E-state index contributed by atoms with van der Waals surface area (Å²) in [5.41, 5.74) is 4.21. The summed E-state index contributed by atoms with van der Waals surface area (Å²) in [5.74, 6) is 2.61. The largest absolute Gasteiger partial charge is 0.336 e. The van der Waals surface area contributed by atoms with E-state index < -0.39 is 8.18 Å². The Balaban J connectivity index is 0.000000180. The Morgan fingerprint density at radius 3 is 2.00 bits per heavy atom. The van der Waals surface area contributed by atoms with Crippen molar-refractivity contribution in [1.29, 1.82) is 0 Å². The summed E-state index contributed by atoms with van der Waals surface area (Å²) < 4.78 is 8.96. The summed E-state index contributed by atoms with van der Waals surface area (Å²) in [6.45, 7) is 2.43. The molecule has 1 aliphatic heterocycles. The van der Waals surface area contributed by atoms with E-state index >= 15 is 0 Å². The van der Waals surface area contributed by atoms with Gasteiger partial charge in [0.1, 0.15) is 0 Å². The van der Waals surface area contributed by atoms with Crippen LogP contribution in [0, 0.1) is 0 Å². The van der Waals surface area contributed by atoms with Gasteiger partial charge in [-0.1, -0.05) is 0 Å². The Labute approximate surface area is 65.5 Å². The Hall–Kier alpha value is 0.460. The number of hydrogen-bond acceptors (Lipinski definition) is 3. The van der Waals surface area contributed by atoms with E-state index in [-0.39, 0.29) is 0 Å². The zero-order valence-electron chi connectivity index (χ0n) is 5.67. The second-order valence-corrected chi connectivity index (χ2v) is 3.60. The minimum absolute atomic E-state index is 1.21. The Morgan fingerprint density at radius 2 is 1.90 bits per heavy atom. The van der Waals surface area contributed by atoms with E-state index in [2.05, 4.69) is 10.8 Å². The van der Waals surface area contributed by atoms with E-state index in [1.54, 1.807) is 0 Å². The highest BCUT2D eigenvalue weighted by atomic mass is 32.2. The maximum atomic E-state index is 8.96. The zero-order valence-corrected chi connectivity index (χ0v) is 7.49. The van der Waals surface area contributed by atoms with Gasteiger partial charge in [0.25, 0.3) is 8.18 Å². The van der Waals surface area contributed by atoms with Gasteiger partial charge in [-0.15, -0.1) is 0 Å². The van der Waals surface area contributed by atoms with E-state index in [0.717, 1.165) is 0 Å². The maximum Gasteiger partial charge on any atom is 0.253 e. The summed E-state index contributed by atoms with van der Waals surface area (Å²) in [6, 6.07) is 0. The third-order valence-electron chi connectivity index (χ3n) is 0.846. The molecule has 1 fully saturated rings. The first kappa shape index (κ1) is 10.5. The smallest absolute Gasteiger partial charge is 0.253 e. The van der Waals surface area contributed by atoms with Gasteiger partial charge < -0.3 is 10.2 Å². The SMILES string of the molecule is C1CSCCN1.N[PH](=O)O. The van der Waals surface area contributed by atoms with Crippen molar-refractivity contribution in [3.05, 3.63) is 0 Å². The molecular formula is C4H13N2O2PS. The van der Waals surface area contributed by atoms with Crippen LogP contribution in [0.2, 0.25) is 0 Å². The molecule has 0 radical (unpaired) electrons. The third-order valence-corrected chi connectivity index (χ3v) is 1.83. The molecule has 4 N–H and O–H groups in total. The molecule has 1 heterocycles. The van der Waals surface area contributed by atoms with E-state index in [0.29, 0.717) is 0 Å². The monoisotopic (exact) mass is 184 g/mol. The number of thioether (sulfide) groups is 1. The predicted molar refractivity (Wildman–Crippen MR) is 45.6 cm³/mol. The van der Waals surface area contributed by atoms with Crippen molar-refractivity contribution in [2.45, 2.75) is 0 Å². The summed E-state index contributed by atoms with van der Waals surface area (Å²) in [6.07, 6.45) is 0. The molecule has 0 aliphatic carbocycles. The van der Waals surface area contributed by atoms with Crippen LogP contribution < -0.4 is 10.8 Å². The summed E-state index contributed by atoms with van der Waals surface area (Å²) in [5, 5.41) is 3.26. The lowest BCUT2D eigenvalue weighted by Crippen LogP contribution is -2.24. The molecule has 0 aromatic heterocycles. The number of rotatable bonds is 0. The van der Waals surface area contributed by atoms with Crippen molar-refractivity contribution < 1.29 is 9.46 Å². The van der Waals surface area contributed by atoms with Crippen LogP contribution >= 0.6 is 19.9 Å². The van der Waals surface area contributed by atoms with Gasteiger partial charge in [0, 0.05) is 24.6 Å². The van der Waals surface area contributed by atoms with Gasteiger partial charge in [-0.2, -0.15) is 11.8 Å². The van der Waals surface area contributed by atoms with Crippen LogP contribution in [-0.4, -0.2) is 29.5 Å². The molecule has 1 aliphatic rings. The van der Waals surface area contributed by atoms with Crippen molar-refractivity contribution in [3.63, 3.8) is 0 Å². The van der Waals surface area contributed by atoms with Crippen LogP contribution in [-0.2, 0) is 4.57 Å². The topological polar surface area (TPSA) is 75.3 Å². The second kappa shape index (κ2) is 7.57. The number of nitrogens with one attached hydrogen (secondary N) is 1. The molecule has 1 unspecified atom stereocenters. The standard InChI is InChI=1S/C4H9NS.H4NO2P/c1-3-6-4-2-5-1;1-4(2)3/h5H,1-4H2;4H,(H3,1,2,3). The highest BCUT2D eigenvalue weighted by Crippen LogP contribution is 1.99. The fraction of sp³-hybridized carbons (Fsp3) is 1.00. The molecule has 0 bridgehead atoms. The highest BCUT2D eigenvalue weighted by Gasteiger charge is 1.93. The molecule has 1 saturated heterocycles. The van der Waals surface area contributed by atoms with Crippen LogP contribution in [0.5, 0.6) is 0 Å². The third kappa shape index (κ3) is 11.3. The van der Waals surface area contributed by atoms with Gasteiger partial charge in [0.15, 0.2) is 0 Å². The van der Waals surface area contributed by atoms with Crippen LogP contribution in [0.4, 0.5) is 0 Å². The fourth-order valence-corrected chi connectivity index (χ4v) is 1.30. The quantitative estimate of drug-likeness (QED) is 0.449. The molecule has 0 spiro atoms. The van der Waals surface area contributed by atoms with Crippen LogP contribution in [0.3, 0.4) is 0 Å².